The van der Waals surface area contributed by atoms with Crippen LogP contribution in [0.2, 0.25) is 0 Å². The SMILES string of the molecule is CCOC(=O)C(Sc1nnc(-c2cccc([N+](=O)[O-])c2)o1)C(=O)OCC. The van der Waals surface area contributed by atoms with Gasteiger partial charge in [-0.05, 0) is 31.7 Å². The second-order valence-electron chi connectivity index (χ2n) is 4.68. The molecule has 0 amide bonds. The van der Waals surface area contributed by atoms with Crippen LogP contribution in [0.4, 0.5) is 5.69 Å². The lowest BCUT2D eigenvalue weighted by atomic mass is 10.2. The molecule has 0 spiro atoms. The number of nitrogens with zero attached hydrogens (tertiary/aromatic N) is 3. The van der Waals surface area contributed by atoms with Gasteiger partial charge in [-0.3, -0.25) is 19.7 Å². The average Bonchev–Trinajstić information content (AvgIpc) is 3.09. The van der Waals surface area contributed by atoms with Gasteiger partial charge >= 0.3 is 11.9 Å². The highest BCUT2D eigenvalue weighted by Gasteiger charge is 2.33. The Morgan fingerprint density at radius 3 is 2.46 bits per heavy atom. The minimum absolute atomic E-state index is 0.0164. The first kappa shape index (κ1) is 19.4. The highest BCUT2D eigenvalue weighted by atomic mass is 32.2. The van der Waals surface area contributed by atoms with Crippen molar-refractivity contribution in [2.24, 2.45) is 0 Å². The molecule has 0 atom stereocenters. The van der Waals surface area contributed by atoms with Gasteiger partial charge in [0.1, 0.15) is 0 Å². The Hall–Kier alpha value is -2.95. The number of non-ortho nitro benzene ring substituents is 1. The van der Waals surface area contributed by atoms with Gasteiger partial charge in [-0.15, -0.1) is 10.2 Å². The molecule has 0 aliphatic rings. The van der Waals surface area contributed by atoms with E-state index in [1.807, 2.05) is 0 Å². The van der Waals surface area contributed by atoms with Crippen molar-refractivity contribution in [2.75, 3.05) is 13.2 Å². The smallest absolute Gasteiger partial charge is 0.331 e. The first-order chi connectivity index (χ1) is 12.5. The van der Waals surface area contributed by atoms with Crippen LogP contribution in [0.25, 0.3) is 11.5 Å². The molecule has 2 aromatic rings. The van der Waals surface area contributed by atoms with Crippen LogP contribution in [0.5, 0.6) is 0 Å². The van der Waals surface area contributed by atoms with Crippen molar-refractivity contribution in [3.8, 4) is 11.5 Å². The third kappa shape index (κ3) is 4.79. The van der Waals surface area contributed by atoms with Crippen molar-refractivity contribution < 1.29 is 28.4 Å². The lowest BCUT2D eigenvalue weighted by molar-refractivity contribution is -0.384. The molecule has 10 nitrogen and oxygen atoms in total. The Bertz CT molecular complexity index is 790. The van der Waals surface area contributed by atoms with E-state index in [1.165, 1.54) is 18.2 Å². The van der Waals surface area contributed by atoms with Crippen molar-refractivity contribution in [2.45, 2.75) is 24.3 Å². The standard InChI is InChI=1S/C15H15N3O7S/c1-3-23-13(19)11(14(20)24-4-2)26-15-17-16-12(25-15)9-6-5-7-10(8-9)18(21)22/h5-8,11H,3-4H2,1-2H3. The first-order valence-electron chi connectivity index (χ1n) is 7.54. The molecule has 0 aliphatic carbocycles. The molecule has 0 saturated carbocycles. The van der Waals surface area contributed by atoms with E-state index >= 15 is 0 Å². The van der Waals surface area contributed by atoms with Gasteiger partial charge in [0.25, 0.3) is 10.9 Å². The molecular formula is C15H15N3O7S. The largest absolute Gasteiger partial charge is 0.465 e. The zero-order chi connectivity index (χ0) is 19.1. The van der Waals surface area contributed by atoms with E-state index in [0.29, 0.717) is 17.3 Å². The number of hydrogen-bond acceptors (Lipinski definition) is 10. The summed E-state index contributed by atoms with van der Waals surface area (Å²) in [5.41, 5.74) is 0.202. The molecule has 1 heterocycles. The van der Waals surface area contributed by atoms with E-state index in [9.17, 15) is 19.7 Å². The third-order valence-corrected chi connectivity index (χ3v) is 3.92. The topological polar surface area (TPSA) is 135 Å². The van der Waals surface area contributed by atoms with Gasteiger partial charge in [0.2, 0.25) is 11.1 Å². The highest BCUT2D eigenvalue weighted by Crippen LogP contribution is 2.29. The molecule has 0 fully saturated rings. The van der Waals surface area contributed by atoms with Crippen molar-refractivity contribution >= 4 is 29.4 Å². The van der Waals surface area contributed by atoms with Crippen LogP contribution < -0.4 is 0 Å². The number of benzene rings is 1. The van der Waals surface area contributed by atoms with Gasteiger partial charge < -0.3 is 13.9 Å². The molecule has 138 valence electrons. The summed E-state index contributed by atoms with van der Waals surface area (Å²) < 4.78 is 15.1. The molecule has 0 N–H and O–H groups in total. The highest BCUT2D eigenvalue weighted by molar-refractivity contribution is 8.01. The van der Waals surface area contributed by atoms with E-state index in [2.05, 4.69) is 10.2 Å². The van der Waals surface area contributed by atoms with Crippen molar-refractivity contribution in [3.63, 3.8) is 0 Å². The van der Waals surface area contributed by atoms with E-state index in [0.717, 1.165) is 0 Å². The summed E-state index contributed by atoms with van der Waals surface area (Å²) in [6.45, 7) is 3.41. The zero-order valence-corrected chi connectivity index (χ0v) is 14.7. The normalized spacial score (nSPS) is 10.6. The Kier molecular flexibility index (Phi) is 6.67. The predicted octanol–water partition coefficient (Wildman–Crippen LogP) is 2.23. The third-order valence-electron chi connectivity index (χ3n) is 2.93. The zero-order valence-electron chi connectivity index (χ0n) is 13.9. The summed E-state index contributed by atoms with van der Waals surface area (Å²) in [5.74, 6) is -1.56. The van der Waals surface area contributed by atoms with Crippen molar-refractivity contribution in [1.29, 1.82) is 0 Å². The molecule has 2 rings (SSSR count). The van der Waals surface area contributed by atoms with Crippen LogP contribution in [-0.2, 0) is 19.1 Å². The molecule has 11 heteroatoms. The fraction of sp³-hybridized carbons (Fsp3) is 0.333. The van der Waals surface area contributed by atoms with Crippen LogP contribution in [0.1, 0.15) is 13.8 Å². The Morgan fingerprint density at radius 2 is 1.88 bits per heavy atom. The molecule has 0 unspecified atom stereocenters. The molecular weight excluding hydrogens is 366 g/mol. The van der Waals surface area contributed by atoms with Crippen LogP contribution in [-0.4, -0.2) is 45.5 Å². The van der Waals surface area contributed by atoms with E-state index in [4.69, 9.17) is 13.9 Å². The van der Waals surface area contributed by atoms with E-state index in [1.54, 1.807) is 19.9 Å². The number of nitro groups is 1. The number of rotatable bonds is 8. The Labute approximate surface area is 152 Å². The van der Waals surface area contributed by atoms with Gasteiger partial charge in [0, 0.05) is 17.7 Å². The second kappa shape index (κ2) is 8.94. The summed E-state index contributed by atoms with van der Waals surface area (Å²) in [4.78, 5) is 34.2. The monoisotopic (exact) mass is 381 g/mol. The van der Waals surface area contributed by atoms with Crippen molar-refractivity contribution in [1.82, 2.24) is 10.2 Å². The van der Waals surface area contributed by atoms with Crippen LogP contribution in [0, 0.1) is 10.1 Å². The predicted molar refractivity (Wildman–Crippen MR) is 89.3 cm³/mol. The van der Waals surface area contributed by atoms with Gasteiger partial charge in [-0.1, -0.05) is 6.07 Å². The maximum absolute atomic E-state index is 12.0. The van der Waals surface area contributed by atoms with E-state index < -0.39 is 22.1 Å². The molecule has 1 aromatic heterocycles. The molecule has 0 saturated heterocycles. The number of esters is 2. The number of nitro benzene ring substituents is 1. The van der Waals surface area contributed by atoms with Gasteiger partial charge in [-0.25, -0.2) is 0 Å². The average molecular weight is 381 g/mol. The Balaban J connectivity index is 2.21. The van der Waals surface area contributed by atoms with Crippen LogP contribution in [0.15, 0.2) is 33.9 Å². The number of aromatic nitrogens is 2. The molecule has 0 radical (unpaired) electrons. The summed E-state index contributed by atoms with van der Waals surface area (Å²) in [7, 11) is 0. The van der Waals surface area contributed by atoms with Gasteiger partial charge in [0.15, 0.2) is 0 Å². The number of hydrogen-bond donors (Lipinski definition) is 0. The molecule has 0 bridgehead atoms. The number of carbonyl (C=O) groups excluding carboxylic acids is 2. The Morgan fingerprint density at radius 1 is 1.23 bits per heavy atom. The fourth-order valence-corrected chi connectivity index (χ4v) is 2.60. The van der Waals surface area contributed by atoms with Crippen LogP contribution >= 0.6 is 11.8 Å². The van der Waals surface area contributed by atoms with Gasteiger partial charge in [-0.2, -0.15) is 0 Å². The lowest BCUT2D eigenvalue weighted by Crippen LogP contribution is -2.30. The summed E-state index contributed by atoms with van der Waals surface area (Å²) in [6.07, 6.45) is 0. The molecule has 1 aromatic carbocycles. The summed E-state index contributed by atoms with van der Waals surface area (Å²) in [6, 6.07) is 5.64. The fourth-order valence-electron chi connectivity index (χ4n) is 1.86. The second-order valence-corrected chi connectivity index (χ2v) is 5.74. The lowest BCUT2D eigenvalue weighted by Gasteiger charge is -2.11. The minimum Gasteiger partial charge on any atom is -0.465 e. The number of thioether (sulfide) groups is 1. The quantitative estimate of drug-likeness (QED) is 0.220. The number of carbonyl (C=O) groups is 2. The molecule has 0 aliphatic heterocycles. The number of ether oxygens (including phenoxy) is 2. The summed E-state index contributed by atoms with van der Waals surface area (Å²) in [5, 5.41) is 17.0. The minimum atomic E-state index is -1.31. The first-order valence-corrected chi connectivity index (χ1v) is 8.42. The van der Waals surface area contributed by atoms with E-state index in [-0.39, 0.29) is 30.0 Å². The molecule has 26 heavy (non-hydrogen) atoms. The van der Waals surface area contributed by atoms with Crippen LogP contribution in [0.3, 0.4) is 0 Å². The summed E-state index contributed by atoms with van der Waals surface area (Å²) >= 11 is 0.688. The maximum Gasteiger partial charge on any atom is 0.331 e. The maximum atomic E-state index is 12.0. The van der Waals surface area contributed by atoms with Crippen molar-refractivity contribution in [3.05, 3.63) is 34.4 Å². The van der Waals surface area contributed by atoms with Gasteiger partial charge in [0.05, 0.1) is 18.1 Å².